The van der Waals surface area contributed by atoms with Crippen LogP contribution in [0.2, 0.25) is 0 Å². The minimum absolute atomic E-state index is 0.0447. The Hall–Kier alpha value is -2.31. The molecule has 0 bridgehead atoms. The molecular weight excluding hydrogens is 612 g/mol. The number of hydrogen-bond acceptors (Lipinski definition) is 5. The zero-order valence-electron chi connectivity index (χ0n) is 32.4. The zero-order valence-corrected chi connectivity index (χ0v) is 32.4. The number of carboxylic acids is 1. The lowest BCUT2D eigenvalue weighted by Gasteiger charge is -2.73. The fourth-order valence-electron chi connectivity index (χ4n) is 13.3. The second-order valence-electron chi connectivity index (χ2n) is 19.5. The average molecular weight is 681 g/mol. The normalized spacial score (nSPS) is 40.8. The smallest absolute Gasteiger partial charge is 0.309 e. The van der Waals surface area contributed by atoms with Gasteiger partial charge in [-0.25, -0.2) is 0 Å². The van der Waals surface area contributed by atoms with Crippen LogP contribution in [0.4, 0.5) is 0 Å². The Bertz CT molecular complexity index is 1350. The fraction of sp³-hybridized carbons (Fsp3) is 0.833. The summed E-state index contributed by atoms with van der Waals surface area (Å²) < 4.78 is 6.17. The van der Waals surface area contributed by atoms with Crippen LogP contribution in [0.15, 0.2) is 24.4 Å². The van der Waals surface area contributed by atoms with Gasteiger partial charge in [-0.05, 0) is 143 Å². The first kappa shape index (κ1) is 37.9. The molecule has 0 saturated heterocycles. The van der Waals surface area contributed by atoms with E-state index in [4.69, 9.17) is 4.74 Å². The summed E-state index contributed by atoms with van der Waals surface area (Å²) in [5.74, 6) is 1.39. The van der Waals surface area contributed by atoms with Gasteiger partial charge in [-0.15, -0.1) is 0 Å². The number of rotatable bonds is 11. The predicted octanol–water partition coefficient (Wildman–Crippen LogP) is 8.69. The van der Waals surface area contributed by atoms with Crippen LogP contribution in [0.5, 0.6) is 0 Å². The fourth-order valence-corrected chi connectivity index (χ4v) is 13.3. The Labute approximate surface area is 297 Å². The van der Waals surface area contributed by atoms with E-state index in [1.807, 2.05) is 6.92 Å². The highest BCUT2D eigenvalue weighted by Gasteiger charge is 2.71. The molecule has 49 heavy (non-hydrogen) atoms. The Morgan fingerprint density at radius 1 is 0.816 bits per heavy atom. The highest BCUT2D eigenvalue weighted by atomic mass is 16.5. The second-order valence-corrected chi connectivity index (χ2v) is 19.5. The van der Waals surface area contributed by atoms with Gasteiger partial charge in [-0.2, -0.15) is 0 Å². The third-order valence-electron chi connectivity index (χ3n) is 16.0. The van der Waals surface area contributed by atoms with E-state index < -0.39 is 17.4 Å². The number of carbonyl (C=O) groups is 3. The molecule has 10 atom stereocenters. The van der Waals surface area contributed by atoms with Gasteiger partial charge >= 0.3 is 11.9 Å². The van der Waals surface area contributed by atoms with E-state index in [0.29, 0.717) is 49.1 Å². The van der Waals surface area contributed by atoms with Crippen LogP contribution in [0.25, 0.3) is 0 Å². The number of aliphatic carboxylic acids is 1. The van der Waals surface area contributed by atoms with Gasteiger partial charge in [0.2, 0.25) is 5.91 Å². The van der Waals surface area contributed by atoms with Crippen LogP contribution >= 0.6 is 0 Å². The summed E-state index contributed by atoms with van der Waals surface area (Å²) in [5, 5.41) is 16.0. The Morgan fingerprint density at radius 2 is 1.49 bits per heavy atom. The zero-order chi connectivity index (χ0) is 36.4. The quantitative estimate of drug-likeness (QED) is 0.115. The van der Waals surface area contributed by atoms with Crippen molar-refractivity contribution in [1.82, 2.24) is 10.6 Å². The number of hydrogen-bond donors (Lipinski definition) is 3. The van der Waals surface area contributed by atoms with Gasteiger partial charge in [-0.1, -0.05) is 53.3 Å². The molecule has 5 aliphatic carbocycles. The molecule has 5 aliphatic rings. The lowest BCUT2D eigenvalue weighted by molar-refractivity contribution is -0.250. The summed E-state index contributed by atoms with van der Waals surface area (Å²) in [6, 6.07) is 0. The highest BCUT2D eigenvalue weighted by Crippen LogP contribution is 2.78. The molecule has 5 rings (SSSR count). The van der Waals surface area contributed by atoms with Gasteiger partial charge in [-0.3, -0.25) is 14.4 Å². The predicted molar refractivity (Wildman–Crippen MR) is 195 cm³/mol. The van der Waals surface area contributed by atoms with Crippen molar-refractivity contribution in [3.8, 4) is 0 Å². The molecule has 0 aromatic heterocycles. The van der Waals surface area contributed by atoms with Gasteiger partial charge in [0, 0.05) is 30.6 Å². The number of amides is 1. The summed E-state index contributed by atoms with van der Waals surface area (Å²) in [5.41, 5.74) is 1.45. The number of ether oxygens (including phenoxy) is 1. The summed E-state index contributed by atoms with van der Waals surface area (Å²) in [7, 11) is 0. The van der Waals surface area contributed by atoms with Gasteiger partial charge < -0.3 is 20.5 Å². The molecule has 0 unspecified atom stereocenters. The van der Waals surface area contributed by atoms with Crippen LogP contribution in [0, 0.1) is 62.1 Å². The van der Waals surface area contributed by atoms with Crippen LogP contribution in [-0.4, -0.2) is 42.1 Å². The van der Waals surface area contributed by atoms with Crippen molar-refractivity contribution < 1.29 is 24.2 Å². The van der Waals surface area contributed by atoms with Gasteiger partial charge in [0.05, 0.1) is 11.8 Å². The molecular formula is C42H68N2O5. The summed E-state index contributed by atoms with van der Waals surface area (Å²) in [6.07, 6.45) is 11.5. The number of esters is 1. The molecule has 0 aromatic carbocycles. The molecule has 7 nitrogen and oxygen atoms in total. The Kier molecular flexibility index (Phi) is 10.1. The van der Waals surface area contributed by atoms with E-state index in [0.717, 1.165) is 44.2 Å². The minimum Gasteiger partial charge on any atom is -0.481 e. The molecule has 1 amide bonds. The third-order valence-corrected chi connectivity index (χ3v) is 16.0. The van der Waals surface area contributed by atoms with Gasteiger partial charge in [0.25, 0.3) is 0 Å². The highest BCUT2D eigenvalue weighted by molar-refractivity contribution is 5.81. The molecule has 5 saturated carbocycles. The third kappa shape index (κ3) is 6.30. The lowest BCUT2D eigenvalue weighted by Crippen LogP contribution is -2.67. The van der Waals surface area contributed by atoms with E-state index in [9.17, 15) is 19.5 Å². The van der Waals surface area contributed by atoms with E-state index in [1.165, 1.54) is 31.3 Å². The van der Waals surface area contributed by atoms with E-state index in [1.54, 1.807) is 13.8 Å². The summed E-state index contributed by atoms with van der Waals surface area (Å²) in [6.45, 7) is 29.6. The van der Waals surface area contributed by atoms with Crippen molar-refractivity contribution in [1.29, 1.82) is 0 Å². The SMILES string of the molecule is C=C(C)NCCNC(=O)C[C@]12CC[C@@H](C(=C)C)[C@@H]1[C@H]1CC[C@@H]3[C@@]4(C)CC[C@H](OC(=O)CC(C)(C)C(=O)O)C(C)(C)[C@@H]4CC[C@@]3(C)[C@]1(C)CC2. The van der Waals surface area contributed by atoms with Crippen molar-refractivity contribution >= 4 is 17.8 Å². The van der Waals surface area contributed by atoms with Crippen molar-refractivity contribution in [3.05, 3.63) is 24.4 Å². The molecule has 0 aromatic rings. The molecule has 7 heteroatoms. The van der Waals surface area contributed by atoms with Crippen molar-refractivity contribution in [3.63, 3.8) is 0 Å². The van der Waals surface area contributed by atoms with Crippen LogP contribution < -0.4 is 10.6 Å². The van der Waals surface area contributed by atoms with Crippen LogP contribution in [-0.2, 0) is 19.1 Å². The maximum absolute atomic E-state index is 13.5. The molecule has 3 N–H and O–H groups in total. The number of carboxylic acid groups (broad SMARTS) is 1. The monoisotopic (exact) mass is 681 g/mol. The van der Waals surface area contributed by atoms with Gasteiger partial charge in [0.1, 0.15) is 6.10 Å². The van der Waals surface area contributed by atoms with Gasteiger partial charge in [0.15, 0.2) is 0 Å². The standard InChI is InChI=1S/C42H68N2O5/c1-26(2)28-14-19-42(24-33(45)44-23-22-43-27(3)4)21-20-40(10)29(35(28)42)12-13-31-39(9)17-16-32(49-34(46)25-37(5,6)36(47)48)38(7,8)30(39)15-18-41(31,40)11/h28-32,35,43H,1,3,12-25H2,2,4-11H3,(H,44,45)(H,47,48)/t28-,29+,30-,31+,32-,35+,39-,40+,41+,42+/m0/s1. The average Bonchev–Trinajstić information content (AvgIpc) is 3.36. The first-order valence-electron chi connectivity index (χ1n) is 19.4. The van der Waals surface area contributed by atoms with Crippen molar-refractivity contribution in [2.75, 3.05) is 13.1 Å². The molecule has 5 fully saturated rings. The summed E-state index contributed by atoms with van der Waals surface area (Å²) in [4.78, 5) is 38.3. The molecule has 0 spiro atoms. The first-order chi connectivity index (χ1) is 22.6. The molecule has 276 valence electrons. The number of allylic oxidation sites excluding steroid dienone is 2. The van der Waals surface area contributed by atoms with E-state index in [2.05, 4.69) is 65.3 Å². The van der Waals surface area contributed by atoms with Crippen molar-refractivity contribution in [2.45, 2.75) is 145 Å². The van der Waals surface area contributed by atoms with E-state index >= 15 is 0 Å². The lowest BCUT2D eigenvalue weighted by atomic mass is 9.32. The first-order valence-corrected chi connectivity index (χ1v) is 19.4. The largest absolute Gasteiger partial charge is 0.481 e. The molecule has 0 aliphatic heterocycles. The van der Waals surface area contributed by atoms with Crippen molar-refractivity contribution in [2.24, 2.45) is 62.1 Å². The minimum atomic E-state index is -1.14. The Morgan fingerprint density at radius 3 is 2.12 bits per heavy atom. The van der Waals surface area contributed by atoms with E-state index in [-0.39, 0.29) is 45.5 Å². The second kappa shape index (κ2) is 13.0. The molecule has 0 heterocycles. The molecule has 0 radical (unpaired) electrons. The summed E-state index contributed by atoms with van der Waals surface area (Å²) >= 11 is 0. The topological polar surface area (TPSA) is 105 Å². The number of fused-ring (bicyclic) bond motifs is 7. The maximum Gasteiger partial charge on any atom is 0.309 e. The number of nitrogens with one attached hydrogen (secondary N) is 2. The van der Waals surface area contributed by atoms with Crippen LogP contribution in [0.1, 0.15) is 139 Å². The number of carbonyl (C=O) groups excluding carboxylic acids is 2. The Balaban J connectivity index is 1.37. The maximum atomic E-state index is 13.5. The van der Waals surface area contributed by atoms with Crippen LogP contribution in [0.3, 0.4) is 0 Å².